The molecule has 13 heteroatoms. The monoisotopic (exact) mass is 854 g/mol. The summed E-state index contributed by atoms with van der Waals surface area (Å²) in [5.74, 6) is -0.578. The van der Waals surface area contributed by atoms with Crippen LogP contribution < -0.4 is 4.89 Å². The van der Waals surface area contributed by atoms with Crippen LogP contribution in [0, 0.1) is 11.8 Å². The molecule has 1 saturated heterocycles. The van der Waals surface area contributed by atoms with Crippen LogP contribution in [0.2, 0.25) is 0 Å². The van der Waals surface area contributed by atoms with Gasteiger partial charge in [-0.1, -0.05) is 114 Å². The fourth-order valence-electron chi connectivity index (χ4n) is 7.09. The van der Waals surface area contributed by atoms with Gasteiger partial charge in [-0.25, -0.2) is 9.78 Å². The molecule has 1 aliphatic carbocycles. The lowest BCUT2D eigenvalue weighted by molar-refractivity contribution is -0.870. The second-order valence-electron chi connectivity index (χ2n) is 17.1. The summed E-state index contributed by atoms with van der Waals surface area (Å²) < 4.78 is 34.0. The summed E-state index contributed by atoms with van der Waals surface area (Å²) in [4.78, 5) is 48.8. The number of allylic oxidation sites excluding steroid dienone is 5. The van der Waals surface area contributed by atoms with Crippen LogP contribution in [0.1, 0.15) is 149 Å². The quantitative estimate of drug-likeness (QED) is 0.0160. The van der Waals surface area contributed by atoms with E-state index in [2.05, 4.69) is 38.2 Å². The number of rotatable bonds is 36. The van der Waals surface area contributed by atoms with Gasteiger partial charge < -0.3 is 33.0 Å². The number of nitrogens with zero attached hydrogens (tertiary/aromatic N) is 1. The van der Waals surface area contributed by atoms with Gasteiger partial charge in [0.15, 0.2) is 6.10 Å². The van der Waals surface area contributed by atoms with Gasteiger partial charge in [-0.15, -0.1) is 0 Å². The molecule has 0 aromatic heterocycles. The summed E-state index contributed by atoms with van der Waals surface area (Å²) in [5, 5.41) is 10.3. The largest absolute Gasteiger partial charge is 0.756 e. The SMILES string of the molecule is CC/C=C\CC(O)/C=C/C1C2CC(OO2)C1C/C=C\CCCC(=O)OC(COC(=O)CCCCCCC/C=C\CCCCCCCC)COP(=O)([O-])OCC[N+](C)(C)C. The molecule has 7 atom stereocenters. The van der Waals surface area contributed by atoms with Crippen LogP contribution in [0.15, 0.2) is 48.6 Å². The van der Waals surface area contributed by atoms with Crippen LogP contribution in [0.3, 0.4) is 0 Å². The minimum Gasteiger partial charge on any atom is -0.756 e. The zero-order valence-corrected chi connectivity index (χ0v) is 38.1. The Morgan fingerprint density at radius 2 is 1.41 bits per heavy atom. The number of ether oxygens (including phenoxy) is 2. The van der Waals surface area contributed by atoms with E-state index in [1.807, 2.05) is 45.4 Å². The third kappa shape index (κ3) is 26.7. The Hall–Kier alpha value is -2.15. The number of aliphatic hydroxyl groups is 1. The highest BCUT2D eigenvalue weighted by atomic mass is 31.2. The number of unbranched alkanes of at least 4 members (excludes halogenated alkanes) is 12. The van der Waals surface area contributed by atoms with Crippen LogP contribution in [0.4, 0.5) is 0 Å². The van der Waals surface area contributed by atoms with Crippen molar-refractivity contribution in [1.82, 2.24) is 0 Å². The Morgan fingerprint density at radius 3 is 2.10 bits per heavy atom. The van der Waals surface area contributed by atoms with E-state index < -0.39 is 38.6 Å². The van der Waals surface area contributed by atoms with E-state index in [9.17, 15) is 24.2 Å². The molecular weight excluding hydrogens is 773 g/mol. The maximum absolute atomic E-state index is 12.8. The van der Waals surface area contributed by atoms with Gasteiger partial charge in [0.05, 0.1) is 40.0 Å². The number of aliphatic hydroxyl groups excluding tert-OH is 1. The molecule has 0 aromatic carbocycles. The summed E-state index contributed by atoms with van der Waals surface area (Å²) in [5.41, 5.74) is 0. The van der Waals surface area contributed by atoms with Crippen molar-refractivity contribution in [3.05, 3.63) is 48.6 Å². The molecule has 59 heavy (non-hydrogen) atoms. The number of likely N-dealkylation sites (N-methyl/N-ethyl adjacent to an activating group) is 1. The van der Waals surface area contributed by atoms with Gasteiger partial charge in [0.2, 0.25) is 0 Å². The second-order valence-corrected chi connectivity index (χ2v) is 18.5. The maximum atomic E-state index is 12.8. The predicted molar refractivity (Wildman–Crippen MR) is 231 cm³/mol. The molecule has 2 fully saturated rings. The van der Waals surface area contributed by atoms with Crippen molar-refractivity contribution >= 4 is 19.8 Å². The van der Waals surface area contributed by atoms with E-state index >= 15 is 0 Å². The molecule has 1 N–H and O–H groups in total. The Kier molecular flexibility index (Phi) is 28.4. The van der Waals surface area contributed by atoms with Crippen molar-refractivity contribution in [1.29, 1.82) is 0 Å². The average molecular weight is 854 g/mol. The van der Waals surface area contributed by atoms with Gasteiger partial charge in [0.25, 0.3) is 7.82 Å². The fraction of sp³-hybridized carbons (Fsp3) is 0.783. The third-order valence-electron chi connectivity index (χ3n) is 10.6. The van der Waals surface area contributed by atoms with Crippen LogP contribution >= 0.6 is 7.82 Å². The van der Waals surface area contributed by atoms with E-state index in [1.165, 1.54) is 44.9 Å². The van der Waals surface area contributed by atoms with Gasteiger partial charge in [-0.2, -0.15) is 0 Å². The molecule has 2 bridgehead atoms. The van der Waals surface area contributed by atoms with Gasteiger partial charge in [0.1, 0.15) is 25.9 Å². The number of phosphoric acid groups is 1. The number of carbonyl (C=O) groups excluding carboxylic acids is 2. The second kappa shape index (κ2) is 31.7. The first-order valence-corrected chi connectivity index (χ1v) is 24.2. The minimum atomic E-state index is -4.68. The van der Waals surface area contributed by atoms with Gasteiger partial charge >= 0.3 is 11.9 Å². The molecule has 0 radical (unpaired) electrons. The van der Waals surface area contributed by atoms with Crippen molar-refractivity contribution in [3.63, 3.8) is 0 Å². The molecule has 0 spiro atoms. The molecule has 2 aliphatic rings. The highest BCUT2D eigenvalue weighted by Crippen LogP contribution is 2.45. The molecule has 7 unspecified atom stereocenters. The molecule has 12 nitrogen and oxygen atoms in total. The zero-order valence-electron chi connectivity index (χ0n) is 37.2. The minimum absolute atomic E-state index is 0.00840. The van der Waals surface area contributed by atoms with Crippen LogP contribution in [-0.2, 0) is 42.5 Å². The Morgan fingerprint density at radius 1 is 0.780 bits per heavy atom. The highest BCUT2D eigenvalue weighted by molar-refractivity contribution is 7.45. The van der Waals surface area contributed by atoms with Gasteiger partial charge in [-0.05, 0) is 64.2 Å². The first-order chi connectivity index (χ1) is 28.3. The van der Waals surface area contributed by atoms with E-state index in [1.54, 1.807) is 0 Å². The number of esters is 2. The lowest BCUT2D eigenvalue weighted by Gasteiger charge is -2.28. The normalized spacial score (nSPS) is 21.6. The van der Waals surface area contributed by atoms with E-state index in [-0.39, 0.29) is 50.1 Å². The summed E-state index contributed by atoms with van der Waals surface area (Å²) >= 11 is 0. The van der Waals surface area contributed by atoms with Crippen molar-refractivity contribution < 1.29 is 56.9 Å². The average Bonchev–Trinajstić information content (AvgIpc) is 3.79. The number of hydrogen-bond donors (Lipinski definition) is 1. The van der Waals surface area contributed by atoms with Crippen molar-refractivity contribution in [2.75, 3.05) is 47.5 Å². The van der Waals surface area contributed by atoms with Crippen LogP contribution in [0.5, 0.6) is 0 Å². The van der Waals surface area contributed by atoms with Crippen LogP contribution in [0.25, 0.3) is 0 Å². The third-order valence-corrected chi connectivity index (χ3v) is 11.6. The Bertz CT molecular complexity index is 1300. The molecule has 1 saturated carbocycles. The smallest absolute Gasteiger partial charge is 0.306 e. The lowest BCUT2D eigenvalue weighted by atomic mass is 9.89. The Balaban J connectivity index is 1.73. The molecule has 0 amide bonds. The molecular formula is C46H80NO11P. The molecule has 2 rings (SSSR count). The van der Waals surface area contributed by atoms with E-state index in [4.69, 9.17) is 28.3 Å². The summed E-state index contributed by atoms with van der Waals surface area (Å²) in [6.45, 7) is 3.85. The zero-order chi connectivity index (χ0) is 43.2. The summed E-state index contributed by atoms with van der Waals surface area (Å²) in [7, 11) is 1.06. The van der Waals surface area contributed by atoms with E-state index in [0.29, 0.717) is 36.7 Å². The topological polar surface area (TPSA) is 150 Å². The highest BCUT2D eigenvalue weighted by Gasteiger charge is 2.49. The lowest BCUT2D eigenvalue weighted by Crippen LogP contribution is -2.37. The molecule has 340 valence electrons. The Labute approximate surface area is 356 Å². The predicted octanol–water partition coefficient (Wildman–Crippen LogP) is 9.41. The number of hydrogen-bond acceptors (Lipinski definition) is 11. The molecule has 1 aliphatic heterocycles. The number of quaternary nitrogens is 1. The van der Waals surface area contributed by atoms with Crippen molar-refractivity contribution in [3.8, 4) is 0 Å². The first kappa shape index (κ1) is 53.0. The van der Waals surface area contributed by atoms with Gasteiger partial charge in [0, 0.05) is 31.1 Å². The number of fused-ring (bicyclic) bond motifs is 2. The maximum Gasteiger partial charge on any atom is 0.306 e. The first-order valence-electron chi connectivity index (χ1n) is 22.7. The summed E-state index contributed by atoms with van der Waals surface area (Å²) in [6.07, 6.45) is 34.7. The molecule has 0 aromatic rings. The van der Waals surface area contributed by atoms with Crippen LogP contribution in [-0.4, -0.2) is 93.5 Å². The summed E-state index contributed by atoms with van der Waals surface area (Å²) in [6, 6.07) is 0. The van der Waals surface area contributed by atoms with Crippen molar-refractivity contribution in [2.24, 2.45) is 11.8 Å². The fourth-order valence-corrected chi connectivity index (χ4v) is 7.82. The number of phosphoric ester groups is 1. The van der Waals surface area contributed by atoms with Gasteiger partial charge in [-0.3, -0.25) is 14.2 Å². The van der Waals surface area contributed by atoms with Crippen molar-refractivity contribution in [2.45, 2.75) is 173 Å². The standard InChI is InChI=1S/C46H80NO11P/c1-6-8-10-11-12-13-14-15-16-17-18-19-20-21-26-30-45(49)53-37-40(38-55-59(51,52)54-35-34-47(3,4)5)56-46(50)31-27-23-22-25-29-41-42(44-36-43(41)57-58-44)33-32-39(48)28-24-9-7-2/h9,15-16,22,24-25,32-33,39-44,48H,6-8,10-14,17-21,23,26-31,34-38H2,1-5H3/b16-15-,24-9-,25-22-,33-32+. The molecule has 1 heterocycles. The number of carbonyl (C=O) groups is 2. The van der Waals surface area contributed by atoms with E-state index in [0.717, 1.165) is 51.4 Å².